The summed E-state index contributed by atoms with van der Waals surface area (Å²) >= 11 is 7.15. The Balaban J connectivity index is 2.71. The Labute approximate surface area is 154 Å². The van der Waals surface area contributed by atoms with Crippen molar-refractivity contribution in [3.05, 3.63) is 67.7 Å². The number of thioether (sulfide) groups is 1. The Hall–Kier alpha value is -2.00. The molecule has 0 atom stereocenters. The average Bonchev–Trinajstić information content (AvgIpc) is 2.50. The van der Waals surface area contributed by atoms with Crippen LogP contribution in [0.2, 0.25) is 5.02 Å². The summed E-state index contributed by atoms with van der Waals surface area (Å²) in [5.41, 5.74) is -3.70. The zero-order valence-corrected chi connectivity index (χ0v) is 15.2. The summed E-state index contributed by atoms with van der Waals surface area (Å²) in [5, 5.41) is 0.0503. The molecule has 2 aromatic rings. The molecule has 26 heavy (non-hydrogen) atoms. The molecule has 1 aromatic carbocycles. The third-order valence-corrected chi connectivity index (χ3v) is 5.04. The smallest absolute Gasteiger partial charge is 0.292 e. The van der Waals surface area contributed by atoms with Crippen LogP contribution in [0.25, 0.3) is 5.69 Å². The van der Waals surface area contributed by atoms with E-state index < -0.39 is 34.6 Å². The van der Waals surface area contributed by atoms with Crippen LogP contribution in [0.1, 0.15) is 12.6 Å². The lowest BCUT2D eigenvalue weighted by atomic mass is 10.3. The summed E-state index contributed by atoms with van der Waals surface area (Å²) in [6, 6.07) is 2.30. The maximum Gasteiger partial charge on any atom is 0.431 e. The average molecular weight is 409 g/mol. The first kappa shape index (κ1) is 20.3. The molecule has 4 nitrogen and oxygen atoms in total. The predicted molar refractivity (Wildman–Crippen MR) is 92.8 cm³/mol. The highest BCUT2D eigenvalue weighted by atomic mass is 35.5. The minimum atomic E-state index is -4.90. The minimum absolute atomic E-state index is 0.0503. The molecule has 0 amide bonds. The number of hydrogen-bond acceptors (Lipinski definition) is 3. The molecule has 2 rings (SSSR count). The number of nitrogens with zero attached hydrogens (tertiary/aromatic N) is 2. The van der Waals surface area contributed by atoms with Gasteiger partial charge in [0.2, 0.25) is 0 Å². The van der Waals surface area contributed by atoms with Crippen LogP contribution in [-0.2, 0) is 13.2 Å². The quantitative estimate of drug-likeness (QED) is 0.436. The van der Waals surface area contributed by atoms with Crippen molar-refractivity contribution < 1.29 is 17.6 Å². The van der Waals surface area contributed by atoms with E-state index >= 15 is 0 Å². The second kappa shape index (κ2) is 7.32. The van der Waals surface area contributed by atoms with E-state index in [1.54, 1.807) is 6.92 Å². The Morgan fingerprint density at radius 1 is 1.27 bits per heavy atom. The lowest BCUT2D eigenvalue weighted by Gasteiger charge is -2.15. The summed E-state index contributed by atoms with van der Waals surface area (Å²) < 4.78 is 53.6. The van der Waals surface area contributed by atoms with Crippen molar-refractivity contribution in [2.24, 2.45) is 7.05 Å². The van der Waals surface area contributed by atoms with Crippen LogP contribution in [0, 0.1) is 5.82 Å². The Morgan fingerprint density at radius 3 is 2.42 bits per heavy atom. The summed E-state index contributed by atoms with van der Waals surface area (Å²) in [4.78, 5) is 24.7. The van der Waals surface area contributed by atoms with Crippen LogP contribution in [0.5, 0.6) is 0 Å². The Morgan fingerprint density at radius 2 is 1.88 bits per heavy atom. The fourth-order valence-corrected chi connectivity index (χ4v) is 3.23. The van der Waals surface area contributed by atoms with Gasteiger partial charge < -0.3 is 0 Å². The van der Waals surface area contributed by atoms with Gasteiger partial charge in [-0.1, -0.05) is 23.8 Å². The molecule has 0 radical (unpaired) electrons. The van der Waals surface area contributed by atoms with E-state index in [4.69, 9.17) is 11.6 Å². The van der Waals surface area contributed by atoms with Crippen LogP contribution in [0.3, 0.4) is 0 Å². The van der Waals surface area contributed by atoms with Gasteiger partial charge in [0, 0.05) is 23.8 Å². The monoisotopic (exact) mass is 408 g/mol. The van der Waals surface area contributed by atoms with Gasteiger partial charge in [0.1, 0.15) is 11.5 Å². The van der Waals surface area contributed by atoms with Crippen molar-refractivity contribution in [3.63, 3.8) is 0 Å². The van der Waals surface area contributed by atoms with Crippen LogP contribution in [-0.4, -0.2) is 14.9 Å². The lowest BCUT2D eigenvalue weighted by Crippen LogP contribution is -2.41. The maximum atomic E-state index is 14.3. The Kier molecular flexibility index (Phi) is 5.72. The SMILES string of the molecule is C=C(C)CSc1cc(-n2c(=O)cc(C(F)(F)F)n(C)c2=O)c(F)cc1Cl. The number of rotatable bonds is 4. The molecule has 0 spiro atoms. The van der Waals surface area contributed by atoms with Crippen molar-refractivity contribution in [2.45, 2.75) is 18.0 Å². The first-order valence-corrected chi connectivity index (χ1v) is 8.46. The van der Waals surface area contributed by atoms with E-state index in [0.29, 0.717) is 15.2 Å². The molecule has 0 aliphatic rings. The number of alkyl halides is 3. The number of benzene rings is 1. The van der Waals surface area contributed by atoms with Crippen LogP contribution in [0.4, 0.5) is 17.6 Å². The topological polar surface area (TPSA) is 44.0 Å². The van der Waals surface area contributed by atoms with Gasteiger partial charge >= 0.3 is 11.9 Å². The van der Waals surface area contributed by atoms with Gasteiger partial charge in [-0.15, -0.1) is 11.8 Å². The standard InChI is InChI=1S/C16H13ClF4N2O2S/c1-8(2)7-26-12-5-11(10(18)4-9(12)17)23-14(24)6-13(16(19,20)21)22(3)15(23)25/h4-6H,1,7H2,2-3H3. The van der Waals surface area contributed by atoms with Gasteiger partial charge in [0.05, 0.1) is 10.7 Å². The van der Waals surface area contributed by atoms with Crippen molar-refractivity contribution in [1.29, 1.82) is 0 Å². The van der Waals surface area contributed by atoms with Gasteiger partial charge in [0.15, 0.2) is 0 Å². The van der Waals surface area contributed by atoms with E-state index in [0.717, 1.165) is 24.8 Å². The molecule has 1 heterocycles. The van der Waals surface area contributed by atoms with E-state index in [2.05, 4.69) is 6.58 Å². The molecule has 0 saturated heterocycles. The fourth-order valence-electron chi connectivity index (χ4n) is 2.12. The van der Waals surface area contributed by atoms with Gasteiger partial charge in [-0.25, -0.2) is 13.8 Å². The van der Waals surface area contributed by atoms with Crippen molar-refractivity contribution in [2.75, 3.05) is 5.75 Å². The third kappa shape index (κ3) is 4.04. The molecule has 0 aliphatic heterocycles. The zero-order chi connectivity index (χ0) is 19.8. The minimum Gasteiger partial charge on any atom is -0.292 e. The normalized spacial score (nSPS) is 11.7. The van der Waals surface area contributed by atoms with E-state index in [9.17, 15) is 27.2 Å². The molecule has 0 bridgehead atoms. The molecule has 0 unspecified atom stereocenters. The lowest BCUT2D eigenvalue weighted by molar-refractivity contribution is -0.144. The highest BCUT2D eigenvalue weighted by Gasteiger charge is 2.35. The van der Waals surface area contributed by atoms with E-state index in [1.165, 1.54) is 11.8 Å². The largest absolute Gasteiger partial charge is 0.431 e. The third-order valence-electron chi connectivity index (χ3n) is 3.33. The predicted octanol–water partition coefficient (Wildman–Crippen LogP) is 4.02. The van der Waals surface area contributed by atoms with Crippen molar-refractivity contribution >= 4 is 23.4 Å². The maximum absolute atomic E-state index is 14.3. The van der Waals surface area contributed by atoms with Crippen molar-refractivity contribution in [1.82, 2.24) is 9.13 Å². The number of aromatic nitrogens is 2. The molecule has 0 aliphatic carbocycles. The molecule has 140 valence electrons. The molecular formula is C16H13ClF4N2O2S. The molecule has 0 N–H and O–H groups in total. The first-order chi connectivity index (χ1) is 11.9. The second-order valence-corrected chi connectivity index (χ2v) is 6.95. The van der Waals surface area contributed by atoms with Crippen LogP contribution >= 0.6 is 23.4 Å². The van der Waals surface area contributed by atoms with Crippen LogP contribution in [0.15, 0.2) is 44.8 Å². The molecule has 0 saturated carbocycles. The van der Waals surface area contributed by atoms with Gasteiger partial charge in [-0.05, 0) is 19.1 Å². The highest BCUT2D eigenvalue weighted by Crippen LogP contribution is 2.32. The fraction of sp³-hybridized carbons (Fsp3) is 0.250. The number of hydrogen-bond donors (Lipinski definition) is 0. The summed E-state index contributed by atoms with van der Waals surface area (Å²) in [7, 11) is 0.853. The second-order valence-electron chi connectivity index (χ2n) is 5.52. The molecular weight excluding hydrogens is 396 g/mol. The summed E-state index contributed by atoms with van der Waals surface area (Å²) in [5.74, 6) is -0.557. The Bertz CT molecular complexity index is 995. The van der Waals surface area contributed by atoms with Crippen LogP contribution < -0.4 is 11.2 Å². The molecule has 1 aromatic heterocycles. The molecule has 10 heteroatoms. The highest BCUT2D eigenvalue weighted by molar-refractivity contribution is 7.99. The van der Waals surface area contributed by atoms with E-state index in [1.807, 2.05) is 0 Å². The first-order valence-electron chi connectivity index (χ1n) is 7.10. The van der Waals surface area contributed by atoms with Gasteiger partial charge in [-0.3, -0.25) is 9.36 Å². The summed E-state index contributed by atoms with van der Waals surface area (Å²) in [6.07, 6.45) is -4.90. The zero-order valence-electron chi connectivity index (χ0n) is 13.7. The number of halogens is 5. The van der Waals surface area contributed by atoms with Gasteiger partial charge in [0.25, 0.3) is 5.56 Å². The van der Waals surface area contributed by atoms with Crippen molar-refractivity contribution in [3.8, 4) is 5.69 Å². The molecule has 0 fully saturated rings. The van der Waals surface area contributed by atoms with Gasteiger partial charge in [-0.2, -0.15) is 13.2 Å². The summed E-state index contributed by atoms with van der Waals surface area (Å²) in [6.45, 7) is 5.48. The van der Waals surface area contributed by atoms with E-state index in [-0.39, 0.29) is 15.7 Å².